The molecule has 3 nitrogen and oxygen atoms in total. The summed E-state index contributed by atoms with van der Waals surface area (Å²) in [7, 11) is 0. The van der Waals surface area contributed by atoms with Crippen molar-refractivity contribution in [3.63, 3.8) is 0 Å². The Bertz CT molecular complexity index is 543. The summed E-state index contributed by atoms with van der Waals surface area (Å²) in [5, 5.41) is 9.53. The molecule has 1 heterocycles. The van der Waals surface area contributed by atoms with E-state index in [-0.39, 0.29) is 11.2 Å². The Morgan fingerprint density at radius 1 is 1.33 bits per heavy atom. The number of fused-ring (bicyclic) bond motifs is 2. The molecule has 0 saturated heterocycles. The van der Waals surface area contributed by atoms with Crippen LogP contribution in [0.5, 0.6) is 0 Å². The Morgan fingerprint density at radius 2 is 2.06 bits per heavy atom. The van der Waals surface area contributed by atoms with Crippen LogP contribution in [0.15, 0.2) is 6.07 Å². The third-order valence-electron chi connectivity index (χ3n) is 4.08. The third-order valence-corrected chi connectivity index (χ3v) is 4.08. The van der Waals surface area contributed by atoms with E-state index in [2.05, 4.69) is 19.9 Å². The van der Waals surface area contributed by atoms with Gasteiger partial charge in [-0.25, -0.2) is 0 Å². The highest BCUT2D eigenvalue weighted by molar-refractivity contribution is 6.02. The summed E-state index contributed by atoms with van der Waals surface area (Å²) in [6.45, 7) is 6.82. The number of aliphatic hydroxyl groups is 1. The molecule has 0 spiro atoms. The van der Waals surface area contributed by atoms with Gasteiger partial charge in [-0.3, -0.25) is 4.79 Å². The zero-order valence-electron chi connectivity index (χ0n) is 11.0. The van der Waals surface area contributed by atoms with E-state index in [4.69, 9.17) is 4.74 Å². The van der Waals surface area contributed by atoms with Gasteiger partial charge in [-0.1, -0.05) is 19.9 Å². The predicted molar refractivity (Wildman–Crippen MR) is 67.5 cm³/mol. The number of ether oxygens (including phenoxy) is 1. The molecule has 1 aliphatic heterocycles. The average molecular weight is 246 g/mol. The smallest absolute Gasteiger partial charge is 0.220 e. The molecule has 2 aliphatic rings. The summed E-state index contributed by atoms with van der Waals surface area (Å²) in [6.07, 6.45) is 0.766. The van der Waals surface area contributed by atoms with Crippen molar-refractivity contribution in [3.8, 4) is 0 Å². The molecule has 0 unspecified atom stereocenters. The molecule has 0 aromatic heterocycles. The van der Waals surface area contributed by atoms with Crippen LogP contribution in [-0.4, -0.2) is 17.2 Å². The van der Waals surface area contributed by atoms with Crippen LogP contribution in [0.4, 0.5) is 0 Å². The van der Waals surface area contributed by atoms with Gasteiger partial charge in [0.1, 0.15) is 0 Å². The van der Waals surface area contributed by atoms with Crippen molar-refractivity contribution in [2.45, 2.75) is 46.5 Å². The van der Waals surface area contributed by atoms with E-state index in [1.54, 1.807) is 0 Å². The first-order valence-electron chi connectivity index (χ1n) is 6.37. The second kappa shape index (κ2) is 3.65. The minimum Gasteiger partial charge on any atom is -0.362 e. The summed E-state index contributed by atoms with van der Waals surface area (Å²) in [5.74, 6) is -0.291. The maximum Gasteiger partial charge on any atom is 0.220 e. The highest BCUT2D eigenvalue weighted by atomic mass is 16.6. The van der Waals surface area contributed by atoms with Gasteiger partial charge < -0.3 is 9.84 Å². The van der Waals surface area contributed by atoms with Gasteiger partial charge in [-0.05, 0) is 47.4 Å². The van der Waals surface area contributed by atoms with E-state index >= 15 is 0 Å². The number of carbonyl (C=O) groups excluding carboxylic acids is 1. The highest BCUT2D eigenvalue weighted by Gasteiger charge is 2.35. The van der Waals surface area contributed by atoms with Gasteiger partial charge in [-0.2, -0.15) is 0 Å². The minimum atomic E-state index is -1.29. The van der Waals surface area contributed by atoms with Crippen molar-refractivity contribution in [2.24, 2.45) is 5.41 Å². The number of aliphatic hydroxyl groups excluding tert-OH is 1. The van der Waals surface area contributed by atoms with E-state index in [1.807, 2.05) is 6.92 Å². The Balaban J connectivity index is 2.18. The lowest BCUT2D eigenvalue weighted by Gasteiger charge is -2.23. The Labute approximate surface area is 107 Å². The zero-order valence-corrected chi connectivity index (χ0v) is 11.0. The fourth-order valence-electron chi connectivity index (χ4n) is 3.29. The van der Waals surface area contributed by atoms with Crippen molar-refractivity contribution in [3.05, 3.63) is 33.9 Å². The lowest BCUT2D eigenvalue weighted by atomic mass is 9.89. The van der Waals surface area contributed by atoms with Crippen molar-refractivity contribution in [2.75, 3.05) is 0 Å². The third kappa shape index (κ3) is 1.62. The van der Waals surface area contributed by atoms with Crippen LogP contribution in [-0.2, 0) is 24.2 Å². The van der Waals surface area contributed by atoms with Crippen molar-refractivity contribution in [1.82, 2.24) is 0 Å². The lowest BCUT2D eigenvalue weighted by Crippen LogP contribution is -2.30. The Kier molecular flexibility index (Phi) is 2.41. The SMILES string of the molecule is Cc1c2c(cc3c1C(=O)[C@@H](O)OC3)CC(C)(C)C2. The van der Waals surface area contributed by atoms with Gasteiger partial charge in [0.2, 0.25) is 12.1 Å². The molecule has 1 aromatic carbocycles. The fraction of sp³-hybridized carbons (Fsp3) is 0.533. The Morgan fingerprint density at radius 3 is 2.78 bits per heavy atom. The first kappa shape index (κ1) is 11.9. The molecule has 96 valence electrons. The average Bonchev–Trinajstić information content (AvgIpc) is 2.59. The molecule has 0 saturated carbocycles. The van der Waals surface area contributed by atoms with Crippen LogP contribution < -0.4 is 0 Å². The number of carbonyl (C=O) groups is 1. The van der Waals surface area contributed by atoms with Gasteiger partial charge in [0.15, 0.2) is 0 Å². The molecular formula is C15H18O3. The minimum absolute atomic E-state index is 0.263. The lowest BCUT2D eigenvalue weighted by molar-refractivity contribution is -0.0859. The fourth-order valence-corrected chi connectivity index (χ4v) is 3.29. The quantitative estimate of drug-likeness (QED) is 0.763. The monoisotopic (exact) mass is 246 g/mol. The number of Topliss-reactive ketones (excluding diaryl/α,β-unsaturated/α-hetero) is 1. The summed E-state index contributed by atoms with van der Waals surface area (Å²) in [6, 6.07) is 2.09. The molecule has 3 heteroatoms. The van der Waals surface area contributed by atoms with Crippen LogP contribution >= 0.6 is 0 Å². The van der Waals surface area contributed by atoms with Crippen LogP contribution in [0.25, 0.3) is 0 Å². The molecule has 0 radical (unpaired) electrons. The van der Waals surface area contributed by atoms with Crippen LogP contribution in [0.1, 0.15) is 46.5 Å². The molecule has 0 bridgehead atoms. The number of hydrogen-bond donors (Lipinski definition) is 1. The number of hydrogen-bond acceptors (Lipinski definition) is 3. The number of rotatable bonds is 0. The van der Waals surface area contributed by atoms with Gasteiger partial charge >= 0.3 is 0 Å². The van der Waals surface area contributed by atoms with Crippen LogP contribution in [0.3, 0.4) is 0 Å². The normalized spacial score (nSPS) is 24.9. The number of ketones is 1. The predicted octanol–water partition coefficient (Wildman–Crippen LogP) is 2.15. The molecule has 0 fully saturated rings. The topological polar surface area (TPSA) is 46.5 Å². The van der Waals surface area contributed by atoms with Crippen molar-refractivity contribution < 1.29 is 14.6 Å². The summed E-state index contributed by atoms with van der Waals surface area (Å²) in [5.41, 5.74) is 5.55. The van der Waals surface area contributed by atoms with Crippen molar-refractivity contribution >= 4 is 5.78 Å². The summed E-state index contributed by atoms with van der Waals surface area (Å²) < 4.78 is 5.09. The zero-order chi connectivity index (χ0) is 13.1. The standard InChI is InChI=1S/C15H18O3/c1-8-11-6-15(2,3)5-9(11)4-10-7-18-14(17)13(16)12(8)10/h4,14,17H,5-7H2,1-3H3/t14-/m0/s1. The second-order valence-electron chi connectivity index (χ2n) is 6.22. The first-order chi connectivity index (χ1) is 8.39. The second-order valence-corrected chi connectivity index (χ2v) is 6.22. The molecule has 1 atom stereocenters. The Hall–Kier alpha value is -1.19. The van der Waals surface area contributed by atoms with Gasteiger partial charge in [-0.15, -0.1) is 0 Å². The largest absolute Gasteiger partial charge is 0.362 e. The maximum absolute atomic E-state index is 12.0. The number of benzene rings is 1. The van der Waals surface area contributed by atoms with Gasteiger partial charge in [0.05, 0.1) is 6.61 Å². The van der Waals surface area contributed by atoms with Gasteiger partial charge in [0, 0.05) is 5.56 Å². The van der Waals surface area contributed by atoms with E-state index in [0.717, 1.165) is 24.0 Å². The molecular weight excluding hydrogens is 228 g/mol. The van der Waals surface area contributed by atoms with E-state index in [0.29, 0.717) is 12.2 Å². The molecule has 1 N–H and O–H groups in total. The first-order valence-corrected chi connectivity index (χ1v) is 6.37. The molecule has 1 aliphatic carbocycles. The molecule has 0 amide bonds. The van der Waals surface area contributed by atoms with Crippen LogP contribution in [0.2, 0.25) is 0 Å². The van der Waals surface area contributed by atoms with Crippen molar-refractivity contribution in [1.29, 1.82) is 0 Å². The van der Waals surface area contributed by atoms with E-state index < -0.39 is 6.29 Å². The summed E-state index contributed by atoms with van der Waals surface area (Å²) >= 11 is 0. The van der Waals surface area contributed by atoms with Crippen LogP contribution in [0, 0.1) is 12.3 Å². The molecule has 3 rings (SSSR count). The summed E-state index contributed by atoms with van der Waals surface area (Å²) in [4.78, 5) is 12.0. The maximum atomic E-state index is 12.0. The van der Waals surface area contributed by atoms with E-state index in [9.17, 15) is 9.90 Å². The van der Waals surface area contributed by atoms with E-state index in [1.165, 1.54) is 11.1 Å². The highest BCUT2D eigenvalue weighted by Crippen LogP contribution is 2.40. The molecule has 1 aromatic rings. The molecule has 18 heavy (non-hydrogen) atoms. The van der Waals surface area contributed by atoms with Gasteiger partial charge in [0.25, 0.3) is 0 Å².